The standard InChI is InChI=1S/C23H27N3O6S/c24-17(23(31)32)11-12-19(27)26-18(22(30)25-13-20(28)29)14-33-21(15-7-3-1-4-8-15)16-9-5-2-6-10-16/h1-10,17-18,21H,11-14,24H2,(H,25,30)(H,26,27)(H,28,29)(H,31,32). The number of hydrogen-bond donors (Lipinski definition) is 5. The molecule has 10 heteroatoms. The van der Waals surface area contributed by atoms with Gasteiger partial charge in [0.25, 0.3) is 0 Å². The molecule has 0 fully saturated rings. The zero-order valence-corrected chi connectivity index (χ0v) is 18.7. The maximum atomic E-state index is 12.6. The molecular weight excluding hydrogens is 446 g/mol. The summed E-state index contributed by atoms with van der Waals surface area (Å²) in [5.41, 5.74) is 7.46. The first-order chi connectivity index (χ1) is 15.8. The molecule has 0 aliphatic heterocycles. The van der Waals surface area contributed by atoms with E-state index < -0.39 is 42.4 Å². The molecule has 2 atom stereocenters. The van der Waals surface area contributed by atoms with Gasteiger partial charge in [0.05, 0.1) is 5.25 Å². The number of rotatable bonds is 13. The monoisotopic (exact) mass is 473 g/mol. The molecule has 0 aliphatic rings. The van der Waals surface area contributed by atoms with Crippen LogP contribution in [0.25, 0.3) is 0 Å². The molecule has 33 heavy (non-hydrogen) atoms. The van der Waals surface area contributed by atoms with Gasteiger partial charge >= 0.3 is 11.9 Å². The third kappa shape index (κ3) is 8.95. The van der Waals surface area contributed by atoms with Crippen LogP contribution < -0.4 is 16.4 Å². The molecule has 0 heterocycles. The van der Waals surface area contributed by atoms with Crippen LogP contribution >= 0.6 is 11.8 Å². The Bertz CT molecular complexity index is 902. The molecule has 0 aromatic heterocycles. The molecule has 0 saturated carbocycles. The third-order valence-corrected chi connectivity index (χ3v) is 6.10. The highest BCUT2D eigenvalue weighted by Gasteiger charge is 2.25. The van der Waals surface area contributed by atoms with Crippen molar-refractivity contribution in [3.8, 4) is 0 Å². The average Bonchev–Trinajstić information content (AvgIpc) is 2.81. The molecular formula is C23H27N3O6S. The van der Waals surface area contributed by atoms with Crippen molar-refractivity contribution in [3.63, 3.8) is 0 Å². The number of carbonyl (C=O) groups is 4. The van der Waals surface area contributed by atoms with Crippen molar-refractivity contribution in [2.24, 2.45) is 5.73 Å². The normalized spacial score (nSPS) is 12.5. The maximum absolute atomic E-state index is 12.6. The van der Waals surface area contributed by atoms with Crippen molar-refractivity contribution >= 4 is 35.5 Å². The van der Waals surface area contributed by atoms with Crippen molar-refractivity contribution in [3.05, 3.63) is 71.8 Å². The summed E-state index contributed by atoms with van der Waals surface area (Å²) < 4.78 is 0. The van der Waals surface area contributed by atoms with E-state index in [-0.39, 0.29) is 23.8 Å². The maximum Gasteiger partial charge on any atom is 0.322 e. The lowest BCUT2D eigenvalue weighted by atomic mass is 10.0. The molecule has 0 aliphatic carbocycles. The van der Waals surface area contributed by atoms with Gasteiger partial charge < -0.3 is 26.6 Å². The SMILES string of the molecule is NC(CCC(=O)NC(CSC(c1ccccc1)c1ccccc1)C(=O)NCC(=O)O)C(=O)O. The van der Waals surface area contributed by atoms with E-state index in [1.54, 1.807) is 0 Å². The van der Waals surface area contributed by atoms with E-state index in [9.17, 15) is 19.2 Å². The summed E-state index contributed by atoms with van der Waals surface area (Å²) in [6.07, 6.45) is -0.268. The molecule has 2 aromatic rings. The van der Waals surface area contributed by atoms with Crippen molar-refractivity contribution in [1.82, 2.24) is 10.6 Å². The number of nitrogens with two attached hydrogens (primary N) is 1. The molecule has 0 bridgehead atoms. The Kier molecular flexibility index (Phi) is 10.4. The lowest BCUT2D eigenvalue weighted by Gasteiger charge is -2.22. The molecule has 2 amide bonds. The lowest BCUT2D eigenvalue weighted by Crippen LogP contribution is -2.49. The largest absolute Gasteiger partial charge is 0.480 e. The first-order valence-corrected chi connectivity index (χ1v) is 11.3. The molecule has 176 valence electrons. The van der Waals surface area contributed by atoms with Gasteiger partial charge in [0.15, 0.2) is 0 Å². The lowest BCUT2D eigenvalue weighted by molar-refractivity contribution is -0.139. The van der Waals surface area contributed by atoms with Gasteiger partial charge in [0.2, 0.25) is 11.8 Å². The van der Waals surface area contributed by atoms with Gasteiger partial charge in [-0.25, -0.2) is 0 Å². The van der Waals surface area contributed by atoms with E-state index in [1.165, 1.54) is 11.8 Å². The molecule has 0 radical (unpaired) electrons. The minimum absolute atomic E-state index is 0.0889. The summed E-state index contributed by atoms with van der Waals surface area (Å²) in [6, 6.07) is 17.1. The summed E-state index contributed by atoms with van der Waals surface area (Å²) in [7, 11) is 0. The van der Waals surface area contributed by atoms with Crippen LogP contribution in [0.5, 0.6) is 0 Å². The number of carboxylic acid groups (broad SMARTS) is 2. The number of carboxylic acids is 2. The van der Waals surface area contributed by atoms with Crippen LogP contribution in [0.4, 0.5) is 0 Å². The molecule has 9 nitrogen and oxygen atoms in total. The number of aliphatic carboxylic acids is 2. The van der Waals surface area contributed by atoms with Gasteiger partial charge in [0.1, 0.15) is 18.6 Å². The summed E-state index contributed by atoms with van der Waals surface area (Å²) in [6.45, 7) is -0.583. The number of benzene rings is 2. The van der Waals surface area contributed by atoms with Gasteiger partial charge in [-0.15, -0.1) is 11.8 Å². The van der Waals surface area contributed by atoms with E-state index in [4.69, 9.17) is 15.9 Å². The van der Waals surface area contributed by atoms with Crippen molar-refractivity contribution in [1.29, 1.82) is 0 Å². The highest BCUT2D eigenvalue weighted by Crippen LogP contribution is 2.35. The molecule has 2 unspecified atom stereocenters. The second-order valence-corrected chi connectivity index (χ2v) is 8.39. The van der Waals surface area contributed by atoms with E-state index in [2.05, 4.69) is 10.6 Å². The van der Waals surface area contributed by atoms with Gasteiger partial charge in [0, 0.05) is 12.2 Å². The number of thioether (sulfide) groups is 1. The van der Waals surface area contributed by atoms with Gasteiger partial charge in [-0.3, -0.25) is 19.2 Å². The van der Waals surface area contributed by atoms with Crippen LogP contribution in [0, 0.1) is 0 Å². The third-order valence-electron chi connectivity index (χ3n) is 4.70. The molecule has 6 N–H and O–H groups in total. The van der Waals surface area contributed by atoms with Crippen molar-refractivity contribution in [2.75, 3.05) is 12.3 Å². The number of carbonyl (C=O) groups excluding carboxylic acids is 2. The average molecular weight is 474 g/mol. The molecule has 0 spiro atoms. The molecule has 0 saturated heterocycles. The van der Waals surface area contributed by atoms with Crippen molar-refractivity contribution in [2.45, 2.75) is 30.2 Å². The topological polar surface area (TPSA) is 159 Å². The predicted molar refractivity (Wildman–Crippen MR) is 125 cm³/mol. The Morgan fingerprint density at radius 3 is 1.94 bits per heavy atom. The zero-order chi connectivity index (χ0) is 24.2. The summed E-state index contributed by atoms with van der Waals surface area (Å²) in [5.74, 6) is -3.45. The van der Waals surface area contributed by atoms with Crippen LogP contribution in [-0.2, 0) is 19.2 Å². The zero-order valence-electron chi connectivity index (χ0n) is 17.8. The van der Waals surface area contributed by atoms with Gasteiger partial charge in [-0.05, 0) is 17.5 Å². The highest BCUT2D eigenvalue weighted by atomic mass is 32.2. The van der Waals surface area contributed by atoms with Crippen LogP contribution in [0.1, 0.15) is 29.2 Å². The van der Waals surface area contributed by atoms with Crippen LogP contribution in [0.3, 0.4) is 0 Å². The fourth-order valence-corrected chi connectivity index (χ4v) is 4.30. The summed E-state index contributed by atoms with van der Waals surface area (Å²) in [4.78, 5) is 46.6. The first-order valence-electron chi connectivity index (χ1n) is 10.3. The quantitative estimate of drug-likeness (QED) is 0.292. The second kappa shape index (κ2) is 13.2. The Morgan fingerprint density at radius 1 is 0.909 bits per heavy atom. The second-order valence-electron chi connectivity index (χ2n) is 7.25. The Labute approximate surface area is 195 Å². The first kappa shape index (κ1) is 25.9. The van der Waals surface area contributed by atoms with E-state index in [0.717, 1.165) is 11.1 Å². The molecule has 2 rings (SSSR count). The molecule has 2 aromatic carbocycles. The van der Waals surface area contributed by atoms with E-state index in [0.29, 0.717) is 0 Å². The Hall–Kier alpha value is -3.37. The smallest absolute Gasteiger partial charge is 0.322 e. The predicted octanol–water partition coefficient (Wildman–Crippen LogP) is 1.39. The number of hydrogen-bond acceptors (Lipinski definition) is 6. The van der Waals surface area contributed by atoms with Crippen LogP contribution in [-0.4, -0.2) is 58.3 Å². The Balaban J connectivity index is 2.14. The summed E-state index contributed by atoms with van der Waals surface area (Å²) >= 11 is 1.43. The van der Waals surface area contributed by atoms with Gasteiger partial charge in [-0.2, -0.15) is 0 Å². The van der Waals surface area contributed by atoms with Crippen LogP contribution in [0.2, 0.25) is 0 Å². The minimum Gasteiger partial charge on any atom is -0.480 e. The minimum atomic E-state index is -1.22. The van der Waals surface area contributed by atoms with E-state index in [1.807, 2.05) is 60.7 Å². The number of nitrogens with one attached hydrogen (secondary N) is 2. The van der Waals surface area contributed by atoms with E-state index >= 15 is 0 Å². The fraction of sp³-hybridized carbons (Fsp3) is 0.304. The summed E-state index contributed by atoms with van der Waals surface area (Å²) in [5, 5.41) is 22.5. The number of amides is 2. The highest BCUT2D eigenvalue weighted by molar-refractivity contribution is 7.99. The Morgan fingerprint density at radius 2 is 1.45 bits per heavy atom. The van der Waals surface area contributed by atoms with Crippen LogP contribution in [0.15, 0.2) is 60.7 Å². The van der Waals surface area contributed by atoms with Gasteiger partial charge in [-0.1, -0.05) is 60.7 Å². The fourth-order valence-electron chi connectivity index (χ4n) is 2.98. The van der Waals surface area contributed by atoms with Crippen molar-refractivity contribution < 1.29 is 29.4 Å².